The van der Waals surface area contributed by atoms with Gasteiger partial charge in [0.1, 0.15) is 5.75 Å². The van der Waals surface area contributed by atoms with Crippen LogP contribution in [0, 0.1) is 0 Å². The summed E-state index contributed by atoms with van der Waals surface area (Å²) in [7, 11) is 1.73. The van der Waals surface area contributed by atoms with Crippen LogP contribution in [0.25, 0.3) is 0 Å². The van der Waals surface area contributed by atoms with Crippen LogP contribution in [0.15, 0.2) is 24.3 Å². The molecule has 0 saturated carbocycles. The minimum absolute atomic E-state index is 0.580. The zero-order valence-corrected chi connectivity index (χ0v) is 7.86. The van der Waals surface area contributed by atoms with Crippen molar-refractivity contribution in [3.63, 3.8) is 0 Å². The molecule has 2 heteroatoms. The Morgan fingerprint density at radius 2 is 2.23 bits per heavy atom. The SMILES string of the molecule is COc1ccccc1C1CC[N]C1. The summed E-state index contributed by atoms with van der Waals surface area (Å²) in [5, 5.41) is 4.36. The maximum atomic E-state index is 5.32. The first kappa shape index (κ1) is 8.57. The van der Waals surface area contributed by atoms with E-state index in [1.165, 1.54) is 12.0 Å². The predicted octanol–water partition coefficient (Wildman–Crippen LogP) is 1.79. The molecule has 1 unspecified atom stereocenters. The van der Waals surface area contributed by atoms with Crippen molar-refractivity contribution in [3.05, 3.63) is 29.8 Å². The Morgan fingerprint density at radius 1 is 1.38 bits per heavy atom. The molecule has 1 atom stereocenters. The molecule has 0 amide bonds. The average molecular weight is 176 g/mol. The molecule has 0 spiro atoms. The molecule has 1 aromatic rings. The van der Waals surface area contributed by atoms with Crippen LogP contribution in [0.2, 0.25) is 0 Å². The van der Waals surface area contributed by atoms with E-state index in [9.17, 15) is 0 Å². The minimum Gasteiger partial charge on any atom is -0.496 e. The molecule has 0 bridgehead atoms. The molecule has 1 aliphatic rings. The normalized spacial score (nSPS) is 21.8. The Kier molecular flexibility index (Phi) is 2.50. The molecule has 1 saturated heterocycles. The van der Waals surface area contributed by atoms with Gasteiger partial charge in [0.25, 0.3) is 0 Å². The summed E-state index contributed by atoms with van der Waals surface area (Å²) in [4.78, 5) is 0. The number of ether oxygens (including phenoxy) is 1. The van der Waals surface area contributed by atoms with Gasteiger partial charge in [-0.15, -0.1) is 0 Å². The van der Waals surface area contributed by atoms with Crippen molar-refractivity contribution < 1.29 is 4.74 Å². The van der Waals surface area contributed by atoms with Crippen molar-refractivity contribution in [2.24, 2.45) is 0 Å². The third kappa shape index (κ3) is 1.68. The average Bonchev–Trinajstić information content (AvgIpc) is 2.70. The number of hydrogen-bond donors (Lipinski definition) is 0. The number of benzene rings is 1. The molecule has 1 aliphatic heterocycles. The van der Waals surface area contributed by atoms with E-state index in [1.54, 1.807) is 7.11 Å². The molecule has 1 heterocycles. The lowest BCUT2D eigenvalue weighted by Gasteiger charge is -2.12. The highest BCUT2D eigenvalue weighted by atomic mass is 16.5. The van der Waals surface area contributed by atoms with E-state index < -0.39 is 0 Å². The maximum Gasteiger partial charge on any atom is 0.122 e. The summed E-state index contributed by atoms with van der Waals surface area (Å²) in [5.74, 6) is 1.58. The molecular formula is C11H14NO. The molecule has 0 aromatic heterocycles. The second-order valence-corrected chi connectivity index (χ2v) is 3.36. The van der Waals surface area contributed by atoms with Crippen LogP contribution in [0.5, 0.6) is 5.75 Å². The highest BCUT2D eigenvalue weighted by molar-refractivity contribution is 5.36. The van der Waals surface area contributed by atoms with Gasteiger partial charge in [-0.05, 0) is 18.1 Å². The first-order chi connectivity index (χ1) is 6.42. The zero-order valence-electron chi connectivity index (χ0n) is 7.86. The number of rotatable bonds is 2. The highest BCUT2D eigenvalue weighted by Crippen LogP contribution is 2.30. The van der Waals surface area contributed by atoms with Gasteiger partial charge in [0.15, 0.2) is 0 Å². The van der Waals surface area contributed by atoms with Gasteiger partial charge in [0.05, 0.1) is 7.11 Å². The third-order valence-corrected chi connectivity index (χ3v) is 2.56. The number of nitrogens with zero attached hydrogens (tertiary/aromatic N) is 1. The van der Waals surface area contributed by atoms with Crippen molar-refractivity contribution in [1.82, 2.24) is 5.32 Å². The fourth-order valence-corrected chi connectivity index (χ4v) is 1.84. The third-order valence-electron chi connectivity index (χ3n) is 2.56. The highest BCUT2D eigenvalue weighted by Gasteiger charge is 2.20. The molecule has 13 heavy (non-hydrogen) atoms. The first-order valence-electron chi connectivity index (χ1n) is 4.68. The summed E-state index contributed by atoms with van der Waals surface area (Å²) in [6.45, 7) is 1.96. The fourth-order valence-electron chi connectivity index (χ4n) is 1.84. The first-order valence-corrected chi connectivity index (χ1v) is 4.68. The van der Waals surface area contributed by atoms with Crippen LogP contribution >= 0.6 is 0 Å². The molecular weight excluding hydrogens is 162 g/mol. The topological polar surface area (TPSA) is 23.3 Å². The summed E-state index contributed by atoms with van der Waals surface area (Å²) >= 11 is 0. The summed E-state index contributed by atoms with van der Waals surface area (Å²) in [6, 6.07) is 8.24. The number of hydrogen-bond acceptors (Lipinski definition) is 1. The van der Waals surface area contributed by atoms with E-state index in [0.717, 1.165) is 18.8 Å². The van der Waals surface area contributed by atoms with Crippen LogP contribution < -0.4 is 10.1 Å². The Bertz CT molecular complexity index is 279. The molecule has 2 nitrogen and oxygen atoms in total. The number of methoxy groups -OCH3 is 1. The van der Waals surface area contributed by atoms with Crippen molar-refractivity contribution in [1.29, 1.82) is 0 Å². The van der Waals surface area contributed by atoms with Gasteiger partial charge in [-0.1, -0.05) is 18.2 Å². The molecule has 0 N–H and O–H groups in total. The van der Waals surface area contributed by atoms with Gasteiger partial charge in [-0.25, -0.2) is 5.32 Å². The summed E-state index contributed by atoms with van der Waals surface area (Å²) < 4.78 is 5.32. The molecule has 69 valence electrons. The van der Waals surface area contributed by atoms with E-state index in [1.807, 2.05) is 12.1 Å². The van der Waals surface area contributed by atoms with Gasteiger partial charge in [-0.2, -0.15) is 0 Å². The van der Waals surface area contributed by atoms with Crippen molar-refractivity contribution >= 4 is 0 Å². The van der Waals surface area contributed by atoms with Crippen molar-refractivity contribution in [2.45, 2.75) is 12.3 Å². The van der Waals surface area contributed by atoms with Crippen LogP contribution in [0.3, 0.4) is 0 Å². The van der Waals surface area contributed by atoms with Gasteiger partial charge < -0.3 is 4.74 Å². The van der Waals surface area contributed by atoms with Gasteiger partial charge in [0.2, 0.25) is 0 Å². The standard InChI is InChI=1S/C11H14NO/c1-13-11-5-3-2-4-10(11)9-6-7-12-8-9/h2-5,9H,6-8H2,1H3. The van der Waals surface area contributed by atoms with Crippen LogP contribution in [0.1, 0.15) is 17.9 Å². The van der Waals surface area contributed by atoms with Crippen LogP contribution in [0.4, 0.5) is 0 Å². The van der Waals surface area contributed by atoms with Gasteiger partial charge in [0, 0.05) is 19.0 Å². The lowest BCUT2D eigenvalue weighted by molar-refractivity contribution is 0.406. The monoisotopic (exact) mass is 176 g/mol. The van der Waals surface area contributed by atoms with Gasteiger partial charge in [-0.3, -0.25) is 0 Å². The van der Waals surface area contributed by atoms with E-state index >= 15 is 0 Å². The van der Waals surface area contributed by atoms with E-state index in [0.29, 0.717) is 5.92 Å². The smallest absolute Gasteiger partial charge is 0.122 e. The maximum absolute atomic E-state index is 5.32. The summed E-state index contributed by atoms with van der Waals surface area (Å²) in [6.07, 6.45) is 1.17. The lowest BCUT2D eigenvalue weighted by Crippen LogP contribution is -2.03. The predicted molar refractivity (Wildman–Crippen MR) is 52.2 cm³/mol. The second-order valence-electron chi connectivity index (χ2n) is 3.36. The quantitative estimate of drug-likeness (QED) is 0.673. The Hall–Kier alpha value is -1.02. The van der Waals surface area contributed by atoms with Crippen molar-refractivity contribution in [3.8, 4) is 5.75 Å². The fraction of sp³-hybridized carbons (Fsp3) is 0.455. The van der Waals surface area contributed by atoms with Crippen LogP contribution in [-0.2, 0) is 0 Å². The van der Waals surface area contributed by atoms with E-state index in [4.69, 9.17) is 4.74 Å². The second kappa shape index (κ2) is 3.79. The largest absolute Gasteiger partial charge is 0.496 e. The zero-order chi connectivity index (χ0) is 9.10. The molecule has 1 fully saturated rings. The minimum atomic E-state index is 0.580. The number of para-hydroxylation sites is 1. The van der Waals surface area contributed by atoms with Crippen LogP contribution in [-0.4, -0.2) is 20.2 Å². The molecule has 1 radical (unpaired) electrons. The molecule has 2 rings (SSSR count). The Labute approximate surface area is 78.9 Å². The molecule has 1 aromatic carbocycles. The van der Waals surface area contributed by atoms with E-state index in [2.05, 4.69) is 17.4 Å². The summed E-state index contributed by atoms with van der Waals surface area (Å²) in [5.41, 5.74) is 1.31. The Balaban J connectivity index is 2.26. The van der Waals surface area contributed by atoms with E-state index in [-0.39, 0.29) is 0 Å². The van der Waals surface area contributed by atoms with Gasteiger partial charge >= 0.3 is 0 Å². The lowest BCUT2D eigenvalue weighted by atomic mass is 9.97. The Morgan fingerprint density at radius 3 is 2.92 bits per heavy atom. The molecule has 0 aliphatic carbocycles. The van der Waals surface area contributed by atoms with Crippen molar-refractivity contribution in [2.75, 3.05) is 20.2 Å².